The summed E-state index contributed by atoms with van der Waals surface area (Å²) in [6.07, 6.45) is 0.813. The number of amides is 1. The number of aromatic nitrogens is 2. The fourth-order valence-corrected chi connectivity index (χ4v) is 6.12. The van der Waals surface area contributed by atoms with Gasteiger partial charge in [0.2, 0.25) is 15.9 Å². The van der Waals surface area contributed by atoms with E-state index in [0.29, 0.717) is 41.4 Å². The number of hydrogen-bond donors (Lipinski definition) is 2. The van der Waals surface area contributed by atoms with Gasteiger partial charge in [-0.25, -0.2) is 13.4 Å². The molecule has 3 aromatic rings. The predicted octanol–water partition coefficient (Wildman–Crippen LogP) is 3.92. The van der Waals surface area contributed by atoms with Crippen molar-refractivity contribution < 1.29 is 17.9 Å². The molecule has 4 rings (SSSR count). The normalized spacial score (nSPS) is 15.1. The molecule has 1 saturated heterocycles. The van der Waals surface area contributed by atoms with Crippen molar-refractivity contribution in [3.8, 4) is 17.1 Å². The van der Waals surface area contributed by atoms with E-state index < -0.39 is 10.0 Å². The quantitative estimate of drug-likeness (QED) is 0.483. The third kappa shape index (κ3) is 5.91. The maximum absolute atomic E-state index is 13.4. The topological polar surface area (TPSA) is 121 Å². The lowest BCUT2D eigenvalue weighted by atomic mass is 9.97. The minimum Gasteiger partial charge on any atom is -0.495 e. The number of benzene rings is 2. The molecular weight excluding hydrogens is 492 g/mol. The number of aromatic amines is 1. The first-order chi connectivity index (χ1) is 17.6. The van der Waals surface area contributed by atoms with Crippen LogP contribution in [0.3, 0.4) is 0 Å². The van der Waals surface area contributed by atoms with Crippen LogP contribution in [-0.2, 0) is 14.8 Å². The van der Waals surface area contributed by atoms with Gasteiger partial charge in [-0.2, -0.15) is 4.31 Å². The Kier molecular flexibility index (Phi) is 7.79. The average Bonchev–Trinajstić information content (AvgIpc) is 2.88. The van der Waals surface area contributed by atoms with Crippen molar-refractivity contribution in [2.45, 2.75) is 44.4 Å². The van der Waals surface area contributed by atoms with Gasteiger partial charge in [0.25, 0.3) is 5.56 Å². The van der Waals surface area contributed by atoms with Crippen LogP contribution >= 0.6 is 0 Å². The van der Waals surface area contributed by atoms with E-state index in [1.165, 1.54) is 17.5 Å². The molecule has 2 N–H and O–H groups in total. The summed E-state index contributed by atoms with van der Waals surface area (Å²) in [4.78, 5) is 32.0. The number of piperidine rings is 1. The molecule has 2 heterocycles. The molecule has 0 bridgehead atoms. The molecule has 1 aromatic heterocycles. The molecule has 1 aliphatic heterocycles. The molecular formula is C27H32N4O5S. The van der Waals surface area contributed by atoms with Crippen molar-refractivity contribution in [1.82, 2.24) is 14.3 Å². The third-order valence-corrected chi connectivity index (χ3v) is 8.49. The fraction of sp³-hybridized carbons (Fsp3) is 0.370. The van der Waals surface area contributed by atoms with Gasteiger partial charge in [-0.15, -0.1) is 0 Å². The molecule has 0 unspecified atom stereocenters. The lowest BCUT2D eigenvalue weighted by Gasteiger charge is -2.31. The summed E-state index contributed by atoms with van der Waals surface area (Å²) in [5.41, 5.74) is 2.53. The van der Waals surface area contributed by atoms with Crippen LogP contribution in [0, 0.1) is 12.8 Å². The van der Waals surface area contributed by atoms with E-state index in [2.05, 4.69) is 15.3 Å². The first-order valence-corrected chi connectivity index (χ1v) is 13.7. The van der Waals surface area contributed by atoms with Crippen LogP contribution in [0.4, 0.5) is 5.69 Å². The number of nitrogens with one attached hydrogen (secondary N) is 2. The highest BCUT2D eigenvalue weighted by Gasteiger charge is 2.34. The molecule has 37 heavy (non-hydrogen) atoms. The van der Waals surface area contributed by atoms with Crippen LogP contribution in [0.25, 0.3) is 11.4 Å². The van der Waals surface area contributed by atoms with Crippen molar-refractivity contribution in [3.05, 3.63) is 70.1 Å². The van der Waals surface area contributed by atoms with Crippen molar-refractivity contribution in [2.24, 2.45) is 5.92 Å². The molecule has 10 heteroatoms. The maximum Gasteiger partial charge on any atom is 0.251 e. The Labute approximate surface area is 217 Å². The SMILES string of the molecule is COc1ccc(C(C)C)cc1S(=O)(=O)N1CCC(C(=O)Nc2cccc(-c3nc(C)cc(=O)[nH]3)c2)CC1. The molecule has 0 aliphatic carbocycles. The van der Waals surface area contributed by atoms with Crippen LogP contribution in [0.2, 0.25) is 0 Å². The minimum atomic E-state index is -3.77. The Morgan fingerprint density at radius 1 is 1.14 bits per heavy atom. The zero-order chi connectivity index (χ0) is 26.7. The average molecular weight is 525 g/mol. The molecule has 1 aliphatic rings. The molecule has 1 fully saturated rings. The Hall–Kier alpha value is -3.50. The summed E-state index contributed by atoms with van der Waals surface area (Å²) in [5.74, 6) is 0.426. The Morgan fingerprint density at radius 3 is 2.51 bits per heavy atom. The summed E-state index contributed by atoms with van der Waals surface area (Å²) in [7, 11) is -2.31. The highest BCUT2D eigenvalue weighted by molar-refractivity contribution is 7.89. The van der Waals surface area contributed by atoms with Crippen LogP contribution in [0.5, 0.6) is 5.75 Å². The highest BCUT2D eigenvalue weighted by atomic mass is 32.2. The van der Waals surface area contributed by atoms with Gasteiger partial charge in [-0.05, 0) is 55.5 Å². The van der Waals surface area contributed by atoms with Gasteiger partial charge >= 0.3 is 0 Å². The van der Waals surface area contributed by atoms with Gasteiger partial charge in [0.15, 0.2) is 0 Å². The van der Waals surface area contributed by atoms with E-state index in [1.807, 2.05) is 19.9 Å². The van der Waals surface area contributed by atoms with Crippen molar-refractivity contribution in [2.75, 3.05) is 25.5 Å². The van der Waals surface area contributed by atoms with E-state index in [9.17, 15) is 18.0 Å². The van der Waals surface area contributed by atoms with E-state index in [0.717, 1.165) is 5.56 Å². The lowest BCUT2D eigenvalue weighted by Crippen LogP contribution is -2.41. The second kappa shape index (κ2) is 10.9. The number of carbonyl (C=O) groups is 1. The van der Waals surface area contributed by atoms with E-state index in [4.69, 9.17) is 4.74 Å². The van der Waals surface area contributed by atoms with Crippen molar-refractivity contribution in [3.63, 3.8) is 0 Å². The molecule has 0 atom stereocenters. The van der Waals surface area contributed by atoms with E-state index in [-0.39, 0.29) is 41.3 Å². The standard InChI is InChI=1S/C27H32N4O5S/c1-17(2)20-8-9-23(36-4)24(16-20)37(34,35)31-12-10-19(11-13-31)27(33)29-22-7-5-6-21(15-22)26-28-18(3)14-25(32)30-26/h5-9,14-17,19H,10-13H2,1-4H3,(H,29,33)(H,28,30,32). The summed E-state index contributed by atoms with van der Waals surface area (Å²) >= 11 is 0. The monoisotopic (exact) mass is 524 g/mol. The number of rotatable bonds is 7. The van der Waals surface area contributed by atoms with Gasteiger partial charge < -0.3 is 15.0 Å². The molecule has 0 radical (unpaired) electrons. The van der Waals surface area contributed by atoms with Crippen LogP contribution < -0.4 is 15.6 Å². The number of methoxy groups -OCH3 is 1. The van der Waals surface area contributed by atoms with Crippen LogP contribution in [-0.4, -0.2) is 48.8 Å². The van der Waals surface area contributed by atoms with Gasteiger partial charge in [-0.1, -0.05) is 32.0 Å². The zero-order valence-corrected chi connectivity index (χ0v) is 22.3. The number of ether oxygens (including phenoxy) is 1. The number of carbonyl (C=O) groups excluding carboxylic acids is 1. The molecule has 9 nitrogen and oxygen atoms in total. The van der Waals surface area contributed by atoms with Gasteiger partial charge in [0, 0.05) is 42.0 Å². The molecule has 1 amide bonds. The summed E-state index contributed by atoms with van der Waals surface area (Å²) < 4.78 is 33.7. The number of aryl methyl sites for hydroxylation is 1. The summed E-state index contributed by atoms with van der Waals surface area (Å²) in [6, 6.07) is 13.8. The smallest absolute Gasteiger partial charge is 0.251 e. The van der Waals surface area contributed by atoms with Crippen LogP contribution in [0.15, 0.2) is 58.2 Å². The van der Waals surface area contributed by atoms with Gasteiger partial charge in [0.05, 0.1) is 7.11 Å². The predicted molar refractivity (Wildman–Crippen MR) is 142 cm³/mol. The first kappa shape index (κ1) is 26.6. The van der Waals surface area contributed by atoms with Crippen LogP contribution in [0.1, 0.15) is 43.9 Å². The number of hydrogen-bond acceptors (Lipinski definition) is 6. The Balaban J connectivity index is 1.44. The highest BCUT2D eigenvalue weighted by Crippen LogP contribution is 2.32. The number of anilines is 1. The second-order valence-corrected chi connectivity index (χ2v) is 11.5. The van der Waals surface area contributed by atoms with Gasteiger partial charge in [0.1, 0.15) is 16.5 Å². The molecule has 0 spiro atoms. The summed E-state index contributed by atoms with van der Waals surface area (Å²) in [5, 5.41) is 2.93. The third-order valence-electron chi connectivity index (χ3n) is 6.57. The lowest BCUT2D eigenvalue weighted by molar-refractivity contribution is -0.120. The van der Waals surface area contributed by atoms with E-state index in [1.54, 1.807) is 43.3 Å². The van der Waals surface area contributed by atoms with Crippen molar-refractivity contribution >= 4 is 21.6 Å². The Bertz CT molecular complexity index is 1460. The molecule has 196 valence electrons. The second-order valence-electron chi connectivity index (χ2n) is 9.55. The minimum absolute atomic E-state index is 0.156. The number of nitrogens with zero attached hydrogens (tertiary/aromatic N) is 2. The van der Waals surface area contributed by atoms with Gasteiger partial charge in [-0.3, -0.25) is 9.59 Å². The maximum atomic E-state index is 13.4. The first-order valence-electron chi connectivity index (χ1n) is 12.3. The number of sulfonamides is 1. The summed E-state index contributed by atoms with van der Waals surface area (Å²) in [6.45, 7) is 6.24. The molecule has 0 saturated carbocycles. The van der Waals surface area contributed by atoms with E-state index >= 15 is 0 Å². The largest absolute Gasteiger partial charge is 0.495 e. The number of H-pyrrole nitrogens is 1. The zero-order valence-electron chi connectivity index (χ0n) is 21.4. The molecule has 2 aromatic carbocycles. The van der Waals surface area contributed by atoms with Crippen molar-refractivity contribution in [1.29, 1.82) is 0 Å². The Morgan fingerprint density at radius 2 is 1.86 bits per heavy atom. The fourth-order valence-electron chi connectivity index (χ4n) is 4.46.